The van der Waals surface area contributed by atoms with Crippen LogP contribution in [0.5, 0.6) is 5.88 Å². The molecular weight excluding hydrogens is 446 g/mol. The van der Waals surface area contributed by atoms with Crippen LogP contribution in [0.25, 0.3) is 32.8 Å². The Hall–Kier alpha value is -5.25. The molecule has 0 aliphatic carbocycles. The van der Waals surface area contributed by atoms with Gasteiger partial charge in [0.1, 0.15) is 0 Å². The molecule has 35 heavy (non-hydrogen) atoms. The molecule has 10 heteroatoms. The van der Waals surface area contributed by atoms with Crippen LogP contribution in [0, 0.1) is 0 Å². The summed E-state index contributed by atoms with van der Waals surface area (Å²) in [5, 5.41) is 7.15. The van der Waals surface area contributed by atoms with E-state index in [4.69, 9.17) is 4.74 Å². The molecule has 0 unspecified atom stereocenters. The van der Waals surface area contributed by atoms with Crippen LogP contribution in [-0.2, 0) is 0 Å². The van der Waals surface area contributed by atoms with Crippen LogP contribution >= 0.6 is 0 Å². The largest absolute Gasteiger partial charge is 0.420 e. The molecule has 6 aromatic rings. The minimum atomic E-state index is -0.741. The predicted octanol–water partition coefficient (Wildman–Crippen LogP) is 4.85. The molecule has 0 saturated heterocycles. The van der Waals surface area contributed by atoms with Gasteiger partial charge in [0.25, 0.3) is 5.91 Å². The quantitative estimate of drug-likeness (QED) is 0.295. The highest BCUT2D eigenvalue weighted by atomic mass is 16.6. The van der Waals surface area contributed by atoms with E-state index in [-0.39, 0.29) is 17.7 Å². The van der Waals surface area contributed by atoms with Crippen molar-refractivity contribution in [3.05, 3.63) is 84.6 Å². The number of hydrogen-bond donors (Lipinski definition) is 4. The number of H-pyrrole nitrogens is 2. The van der Waals surface area contributed by atoms with Crippen molar-refractivity contribution in [1.29, 1.82) is 0 Å². The molecule has 0 fully saturated rings. The van der Waals surface area contributed by atoms with Gasteiger partial charge in [-0.3, -0.25) is 15.4 Å². The second-order valence-corrected chi connectivity index (χ2v) is 7.76. The second-order valence-electron chi connectivity index (χ2n) is 7.76. The van der Waals surface area contributed by atoms with Crippen LogP contribution < -0.4 is 15.4 Å². The highest BCUT2D eigenvalue weighted by Gasteiger charge is 2.14. The van der Waals surface area contributed by atoms with Gasteiger partial charge in [-0.25, -0.2) is 19.7 Å². The van der Waals surface area contributed by atoms with Gasteiger partial charge in [-0.05, 0) is 35.7 Å². The third-order valence-corrected chi connectivity index (χ3v) is 5.39. The zero-order chi connectivity index (χ0) is 23.8. The Balaban J connectivity index is 1.15. The summed E-state index contributed by atoms with van der Waals surface area (Å²) in [5.41, 5.74) is 3.13. The van der Waals surface area contributed by atoms with Gasteiger partial charge in [0.2, 0.25) is 17.8 Å². The van der Waals surface area contributed by atoms with Crippen molar-refractivity contribution >= 4 is 56.7 Å². The number of rotatable bonds is 4. The van der Waals surface area contributed by atoms with E-state index in [9.17, 15) is 9.59 Å². The fourth-order valence-electron chi connectivity index (χ4n) is 3.74. The van der Waals surface area contributed by atoms with Gasteiger partial charge in [-0.2, -0.15) is 0 Å². The number of amides is 2. The Morgan fingerprint density at radius 2 is 1.46 bits per heavy atom. The van der Waals surface area contributed by atoms with Gasteiger partial charge in [0.05, 0.1) is 22.1 Å². The third-order valence-electron chi connectivity index (χ3n) is 5.39. The summed E-state index contributed by atoms with van der Waals surface area (Å²) in [7, 11) is 0. The minimum absolute atomic E-state index is 0.168. The molecular formula is C25H17N7O3. The number of aromatic amines is 2. The van der Waals surface area contributed by atoms with Crippen LogP contribution in [0.1, 0.15) is 10.4 Å². The smallest absolute Gasteiger partial charge is 0.391 e. The number of nitrogens with one attached hydrogen (secondary N) is 4. The fraction of sp³-hybridized carbons (Fsp3) is 0. The molecule has 4 N–H and O–H groups in total. The number of carbonyl (C=O) groups is 2. The third kappa shape index (κ3) is 4.11. The first-order valence-electron chi connectivity index (χ1n) is 10.7. The zero-order valence-corrected chi connectivity index (χ0v) is 18.1. The Bertz CT molecular complexity index is 1700. The van der Waals surface area contributed by atoms with E-state index >= 15 is 0 Å². The molecule has 2 amide bonds. The molecule has 170 valence electrons. The first-order valence-corrected chi connectivity index (χ1v) is 10.7. The van der Waals surface area contributed by atoms with Gasteiger partial charge >= 0.3 is 6.09 Å². The van der Waals surface area contributed by atoms with Crippen molar-refractivity contribution in [3.8, 4) is 5.88 Å². The summed E-state index contributed by atoms with van der Waals surface area (Å²) in [6.45, 7) is 0. The van der Waals surface area contributed by atoms with Crippen molar-refractivity contribution in [3.63, 3.8) is 0 Å². The molecule has 10 nitrogen and oxygen atoms in total. The van der Waals surface area contributed by atoms with Gasteiger partial charge in [-0.15, -0.1) is 0 Å². The number of pyridine rings is 1. The van der Waals surface area contributed by atoms with Crippen molar-refractivity contribution < 1.29 is 14.3 Å². The predicted molar refractivity (Wildman–Crippen MR) is 132 cm³/mol. The molecule has 6 rings (SSSR count). The van der Waals surface area contributed by atoms with Crippen LogP contribution in [-0.4, -0.2) is 36.9 Å². The van der Waals surface area contributed by atoms with Gasteiger partial charge in [-0.1, -0.05) is 36.4 Å². The lowest BCUT2D eigenvalue weighted by atomic mass is 10.2. The Labute approximate surface area is 197 Å². The van der Waals surface area contributed by atoms with Gasteiger partial charge in [0.15, 0.2) is 0 Å². The van der Waals surface area contributed by atoms with Gasteiger partial charge < -0.3 is 14.7 Å². The lowest BCUT2D eigenvalue weighted by Gasteiger charge is -2.04. The molecule has 0 spiro atoms. The number of anilines is 2. The number of imidazole rings is 2. The topological polar surface area (TPSA) is 138 Å². The van der Waals surface area contributed by atoms with Crippen LogP contribution in [0.15, 0.2) is 79.0 Å². The van der Waals surface area contributed by atoms with Crippen molar-refractivity contribution in [2.24, 2.45) is 0 Å². The monoisotopic (exact) mass is 463 g/mol. The number of aromatic nitrogens is 5. The van der Waals surface area contributed by atoms with E-state index in [0.717, 1.165) is 21.8 Å². The van der Waals surface area contributed by atoms with E-state index in [1.165, 1.54) is 0 Å². The van der Waals surface area contributed by atoms with E-state index in [1.54, 1.807) is 30.5 Å². The Morgan fingerprint density at radius 1 is 0.743 bits per heavy atom. The molecule has 3 aromatic carbocycles. The summed E-state index contributed by atoms with van der Waals surface area (Å²) in [6.07, 6.45) is 0.895. The first kappa shape index (κ1) is 20.4. The summed E-state index contributed by atoms with van der Waals surface area (Å²) < 4.78 is 5.28. The van der Waals surface area contributed by atoms with E-state index in [1.807, 2.05) is 48.5 Å². The molecule has 3 heterocycles. The van der Waals surface area contributed by atoms with Crippen LogP contribution in [0.3, 0.4) is 0 Å². The van der Waals surface area contributed by atoms with Gasteiger partial charge in [0, 0.05) is 23.2 Å². The maximum absolute atomic E-state index is 12.7. The van der Waals surface area contributed by atoms with Crippen molar-refractivity contribution in [1.82, 2.24) is 24.9 Å². The number of benzene rings is 3. The standard InChI is InChI=1S/C25H17N7O3/c33-22(31-23-27-17-7-3-4-8-18(17)28-23)15-9-10-19-20(11-15)30-24(29-19)32-25(34)35-21-12-14-5-1-2-6-16(14)13-26-21/h1-13H,(H2,27,28,31,33)(H2,29,30,32,34). The summed E-state index contributed by atoms with van der Waals surface area (Å²) in [5.74, 6) is 0.368. The molecule has 3 aromatic heterocycles. The molecule has 0 aliphatic rings. The second kappa shape index (κ2) is 8.27. The molecule has 0 atom stereocenters. The number of nitrogens with zero attached hydrogens (tertiary/aromatic N) is 3. The minimum Gasteiger partial charge on any atom is -0.391 e. The Kier molecular flexibility index (Phi) is 4.81. The number of hydrogen-bond acceptors (Lipinski definition) is 6. The van der Waals surface area contributed by atoms with Crippen LogP contribution in [0.4, 0.5) is 16.7 Å². The average Bonchev–Trinajstić information content (AvgIpc) is 3.45. The summed E-state index contributed by atoms with van der Waals surface area (Å²) in [4.78, 5) is 43.9. The zero-order valence-electron chi connectivity index (χ0n) is 18.1. The van der Waals surface area contributed by atoms with E-state index in [0.29, 0.717) is 22.5 Å². The average molecular weight is 463 g/mol. The molecule has 0 saturated carbocycles. The number of ether oxygens (including phenoxy) is 1. The number of fused-ring (bicyclic) bond motifs is 3. The lowest BCUT2D eigenvalue weighted by Crippen LogP contribution is -2.18. The van der Waals surface area contributed by atoms with Crippen molar-refractivity contribution in [2.45, 2.75) is 0 Å². The normalized spacial score (nSPS) is 11.1. The summed E-state index contributed by atoms with van der Waals surface area (Å²) in [6, 6.07) is 21.8. The van der Waals surface area contributed by atoms with Crippen LogP contribution in [0.2, 0.25) is 0 Å². The summed E-state index contributed by atoms with van der Waals surface area (Å²) >= 11 is 0. The maximum Gasteiger partial charge on any atom is 0.420 e. The molecule has 0 aliphatic heterocycles. The Morgan fingerprint density at radius 3 is 2.31 bits per heavy atom. The SMILES string of the molecule is O=C(Nc1nc2ccc(C(=O)Nc3nc4ccccc4[nH]3)cc2[nH]1)Oc1cc2ccccc2cn1. The molecule has 0 bridgehead atoms. The highest BCUT2D eigenvalue weighted by Crippen LogP contribution is 2.20. The highest BCUT2D eigenvalue weighted by molar-refractivity contribution is 6.05. The van der Waals surface area contributed by atoms with Crippen molar-refractivity contribution in [2.75, 3.05) is 10.6 Å². The first-order chi connectivity index (χ1) is 17.1. The van der Waals surface area contributed by atoms with E-state index < -0.39 is 6.09 Å². The maximum atomic E-state index is 12.7. The van der Waals surface area contributed by atoms with E-state index in [2.05, 4.69) is 35.6 Å². The lowest BCUT2D eigenvalue weighted by molar-refractivity contribution is 0.102. The molecule has 0 radical (unpaired) electrons. The fourth-order valence-corrected chi connectivity index (χ4v) is 3.74. The number of para-hydroxylation sites is 2. The number of carbonyl (C=O) groups excluding carboxylic acids is 2.